The van der Waals surface area contributed by atoms with E-state index < -0.39 is 0 Å². The average Bonchev–Trinajstić information content (AvgIpc) is 2.04. The Bertz CT molecular complexity index is 222. The highest BCUT2D eigenvalue weighted by Gasteiger charge is 2.31. The van der Waals surface area contributed by atoms with Gasteiger partial charge in [-0.3, -0.25) is 9.80 Å². The molecule has 1 fully saturated rings. The highest BCUT2D eigenvalue weighted by atomic mass is 15.3. The third-order valence-corrected chi connectivity index (χ3v) is 3.39. The van der Waals surface area contributed by atoms with E-state index in [1.807, 2.05) is 0 Å². The molecule has 1 saturated heterocycles. The van der Waals surface area contributed by atoms with Crippen LogP contribution < -0.4 is 0 Å². The van der Waals surface area contributed by atoms with Gasteiger partial charge in [0, 0.05) is 37.8 Å². The van der Waals surface area contributed by atoms with Gasteiger partial charge in [0.15, 0.2) is 0 Å². The summed E-state index contributed by atoms with van der Waals surface area (Å²) >= 11 is 0. The summed E-state index contributed by atoms with van der Waals surface area (Å²) in [5.74, 6) is 0. The lowest BCUT2D eigenvalue weighted by Crippen LogP contribution is -2.58. The molecule has 0 spiro atoms. The minimum Gasteiger partial charge on any atom is -0.298 e. The zero-order chi connectivity index (χ0) is 12.6. The Labute approximate surface area is 102 Å². The molecular formula is C14H30N2. The molecule has 1 heterocycles. The highest BCUT2D eigenvalue weighted by Crippen LogP contribution is 2.23. The molecule has 0 N–H and O–H groups in total. The molecule has 0 aromatic rings. The lowest BCUT2D eigenvalue weighted by molar-refractivity contribution is 0.0139. The van der Waals surface area contributed by atoms with E-state index in [0.717, 1.165) is 0 Å². The van der Waals surface area contributed by atoms with Gasteiger partial charge in [-0.15, -0.1) is 0 Å². The van der Waals surface area contributed by atoms with E-state index in [1.165, 1.54) is 26.2 Å². The maximum absolute atomic E-state index is 2.64. The van der Waals surface area contributed by atoms with Crippen LogP contribution in [0, 0.1) is 5.41 Å². The summed E-state index contributed by atoms with van der Waals surface area (Å²) in [6.45, 7) is 21.2. The number of hydrogen-bond donors (Lipinski definition) is 0. The largest absolute Gasteiger partial charge is 0.298 e. The molecule has 1 aliphatic heterocycles. The first-order valence-electron chi connectivity index (χ1n) is 6.59. The van der Waals surface area contributed by atoms with Gasteiger partial charge in [0.1, 0.15) is 0 Å². The summed E-state index contributed by atoms with van der Waals surface area (Å²) in [4.78, 5) is 5.25. The van der Waals surface area contributed by atoms with Crippen LogP contribution in [-0.4, -0.2) is 47.6 Å². The summed E-state index contributed by atoms with van der Waals surface area (Å²) in [5, 5.41) is 0. The number of nitrogens with zero attached hydrogens (tertiary/aromatic N) is 2. The van der Waals surface area contributed by atoms with Gasteiger partial charge < -0.3 is 0 Å². The maximum Gasteiger partial charge on any atom is 0.0195 e. The Morgan fingerprint density at radius 2 is 1.56 bits per heavy atom. The molecule has 2 nitrogen and oxygen atoms in total. The molecular weight excluding hydrogens is 196 g/mol. The van der Waals surface area contributed by atoms with E-state index in [4.69, 9.17) is 0 Å². The first-order valence-corrected chi connectivity index (χ1v) is 6.59. The summed E-state index contributed by atoms with van der Waals surface area (Å²) in [6.07, 6.45) is 0. The molecule has 2 heteroatoms. The molecule has 16 heavy (non-hydrogen) atoms. The summed E-state index contributed by atoms with van der Waals surface area (Å²) in [6, 6.07) is 0.687. The van der Waals surface area contributed by atoms with Crippen molar-refractivity contribution in [2.24, 2.45) is 5.41 Å². The van der Waals surface area contributed by atoms with Gasteiger partial charge >= 0.3 is 0 Å². The molecule has 0 aliphatic carbocycles. The smallest absolute Gasteiger partial charge is 0.0195 e. The van der Waals surface area contributed by atoms with Crippen molar-refractivity contribution in [3.05, 3.63) is 0 Å². The van der Waals surface area contributed by atoms with Crippen LogP contribution in [0.1, 0.15) is 48.5 Å². The van der Waals surface area contributed by atoms with Crippen molar-refractivity contribution < 1.29 is 0 Å². The molecule has 0 aromatic heterocycles. The topological polar surface area (TPSA) is 6.48 Å². The predicted octanol–water partition coefficient (Wildman–Crippen LogP) is 2.84. The third-order valence-electron chi connectivity index (χ3n) is 3.39. The number of hydrogen-bond acceptors (Lipinski definition) is 2. The SMILES string of the molecule is CC1CN(C(C)(C)C)CCN1CC(C)(C)C. The van der Waals surface area contributed by atoms with Gasteiger partial charge in [0.2, 0.25) is 0 Å². The average molecular weight is 226 g/mol. The van der Waals surface area contributed by atoms with Crippen LogP contribution in [0.3, 0.4) is 0 Å². The van der Waals surface area contributed by atoms with Crippen molar-refractivity contribution in [1.82, 2.24) is 9.80 Å². The minimum absolute atomic E-state index is 0.322. The van der Waals surface area contributed by atoms with Gasteiger partial charge in [-0.2, -0.15) is 0 Å². The predicted molar refractivity (Wildman–Crippen MR) is 71.8 cm³/mol. The normalized spacial score (nSPS) is 26.1. The van der Waals surface area contributed by atoms with Gasteiger partial charge in [0.25, 0.3) is 0 Å². The lowest BCUT2D eigenvalue weighted by Gasteiger charge is -2.47. The molecule has 96 valence electrons. The second kappa shape index (κ2) is 4.66. The summed E-state index contributed by atoms with van der Waals surface area (Å²) in [7, 11) is 0. The zero-order valence-corrected chi connectivity index (χ0v) is 12.3. The molecule has 1 unspecified atom stereocenters. The Balaban J connectivity index is 2.53. The van der Waals surface area contributed by atoms with Crippen molar-refractivity contribution >= 4 is 0 Å². The Morgan fingerprint density at radius 1 is 1.00 bits per heavy atom. The van der Waals surface area contributed by atoms with Crippen molar-refractivity contribution in [3.63, 3.8) is 0 Å². The molecule has 0 radical (unpaired) electrons. The third kappa shape index (κ3) is 4.06. The van der Waals surface area contributed by atoms with Gasteiger partial charge in [0.05, 0.1) is 0 Å². The Hall–Kier alpha value is -0.0800. The fourth-order valence-corrected chi connectivity index (χ4v) is 2.45. The van der Waals surface area contributed by atoms with Crippen molar-refractivity contribution in [2.75, 3.05) is 26.2 Å². The second-order valence-electron chi connectivity index (χ2n) is 7.50. The van der Waals surface area contributed by atoms with Gasteiger partial charge in [-0.1, -0.05) is 20.8 Å². The van der Waals surface area contributed by atoms with E-state index >= 15 is 0 Å². The Kier molecular flexibility index (Phi) is 4.07. The van der Waals surface area contributed by atoms with Crippen LogP contribution in [-0.2, 0) is 0 Å². The number of piperazine rings is 1. The molecule has 1 atom stereocenters. The van der Waals surface area contributed by atoms with Crippen molar-refractivity contribution in [2.45, 2.75) is 60.0 Å². The minimum atomic E-state index is 0.322. The van der Waals surface area contributed by atoms with Crippen LogP contribution in [0.5, 0.6) is 0 Å². The zero-order valence-electron chi connectivity index (χ0n) is 12.3. The maximum atomic E-state index is 2.64. The standard InChI is InChI=1S/C14H30N2/c1-12-10-16(14(5,6)7)9-8-15(12)11-13(2,3)4/h12H,8-11H2,1-7H3. The van der Waals surface area contributed by atoms with E-state index in [1.54, 1.807) is 0 Å². The fourth-order valence-electron chi connectivity index (χ4n) is 2.45. The summed E-state index contributed by atoms with van der Waals surface area (Å²) in [5.41, 5.74) is 0.736. The molecule has 0 aromatic carbocycles. The van der Waals surface area contributed by atoms with Crippen LogP contribution in [0.15, 0.2) is 0 Å². The molecule has 0 bridgehead atoms. The van der Waals surface area contributed by atoms with E-state index in [-0.39, 0.29) is 0 Å². The monoisotopic (exact) mass is 226 g/mol. The second-order valence-corrected chi connectivity index (χ2v) is 7.50. The van der Waals surface area contributed by atoms with Crippen molar-refractivity contribution in [3.8, 4) is 0 Å². The molecule has 0 saturated carbocycles. The first kappa shape index (κ1) is 14.0. The first-order chi connectivity index (χ1) is 7.09. The van der Waals surface area contributed by atoms with Gasteiger partial charge in [-0.25, -0.2) is 0 Å². The fraction of sp³-hybridized carbons (Fsp3) is 1.00. The quantitative estimate of drug-likeness (QED) is 0.678. The summed E-state index contributed by atoms with van der Waals surface area (Å²) < 4.78 is 0. The van der Waals surface area contributed by atoms with E-state index in [9.17, 15) is 0 Å². The van der Waals surface area contributed by atoms with Crippen LogP contribution in [0.25, 0.3) is 0 Å². The Morgan fingerprint density at radius 3 is 1.94 bits per heavy atom. The molecule has 1 rings (SSSR count). The van der Waals surface area contributed by atoms with E-state index in [0.29, 0.717) is 17.0 Å². The van der Waals surface area contributed by atoms with Crippen LogP contribution in [0.4, 0.5) is 0 Å². The van der Waals surface area contributed by atoms with Crippen LogP contribution in [0.2, 0.25) is 0 Å². The number of rotatable bonds is 1. The highest BCUT2D eigenvalue weighted by molar-refractivity contribution is 4.87. The van der Waals surface area contributed by atoms with Crippen LogP contribution >= 0.6 is 0 Å². The van der Waals surface area contributed by atoms with E-state index in [2.05, 4.69) is 58.3 Å². The lowest BCUT2D eigenvalue weighted by atomic mass is 9.94. The van der Waals surface area contributed by atoms with Crippen molar-refractivity contribution in [1.29, 1.82) is 0 Å². The molecule has 1 aliphatic rings. The molecule has 0 amide bonds. The van der Waals surface area contributed by atoms with Gasteiger partial charge in [-0.05, 0) is 33.1 Å².